The summed E-state index contributed by atoms with van der Waals surface area (Å²) in [5, 5.41) is 0. The van der Waals surface area contributed by atoms with Gasteiger partial charge in [-0.25, -0.2) is 13.1 Å². The first-order chi connectivity index (χ1) is 8.89. The Labute approximate surface area is 116 Å². The molecule has 5 heteroatoms. The second-order valence-corrected chi connectivity index (χ2v) is 6.82. The normalized spacial score (nSPS) is 12.6. The van der Waals surface area contributed by atoms with E-state index in [0.29, 0.717) is 18.0 Å². The van der Waals surface area contributed by atoms with E-state index >= 15 is 0 Å². The van der Waals surface area contributed by atoms with Gasteiger partial charge >= 0.3 is 0 Å². The first-order valence-corrected chi connectivity index (χ1v) is 8.14. The van der Waals surface area contributed by atoms with Crippen LogP contribution >= 0.6 is 0 Å². The molecule has 0 aliphatic carbocycles. The Morgan fingerprint density at radius 2 is 1.89 bits per heavy atom. The van der Waals surface area contributed by atoms with E-state index in [0.717, 1.165) is 18.4 Å². The zero-order valence-electron chi connectivity index (χ0n) is 11.9. The van der Waals surface area contributed by atoms with Crippen LogP contribution in [0.1, 0.15) is 32.3 Å². The van der Waals surface area contributed by atoms with Crippen LogP contribution in [0.2, 0.25) is 0 Å². The largest absolute Gasteiger partial charge is 0.330 e. The van der Waals surface area contributed by atoms with E-state index in [1.165, 1.54) is 0 Å². The molecule has 3 N–H and O–H groups in total. The van der Waals surface area contributed by atoms with E-state index in [9.17, 15) is 8.42 Å². The molecule has 0 aliphatic rings. The Hall–Kier alpha value is -0.910. The molecule has 0 spiro atoms. The minimum absolute atomic E-state index is 0.156. The average Bonchev–Trinajstić information content (AvgIpc) is 2.41. The summed E-state index contributed by atoms with van der Waals surface area (Å²) in [4.78, 5) is 0.311. The molecule has 0 unspecified atom stereocenters. The molecule has 0 saturated heterocycles. The SMILES string of the molecule is CCC(CC)(CN)CNS(=O)(=O)c1cccc(C)c1. The number of nitrogens with two attached hydrogens (primary N) is 1. The number of aryl methyl sites for hydroxylation is 1. The minimum atomic E-state index is -3.45. The molecule has 0 aromatic heterocycles. The fraction of sp³-hybridized carbons (Fsp3) is 0.571. The van der Waals surface area contributed by atoms with E-state index < -0.39 is 10.0 Å². The maximum absolute atomic E-state index is 12.2. The maximum Gasteiger partial charge on any atom is 0.240 e. The molecule has 0 atom stereocenters. The molecule has 0 saturated carbocycles. The van der Waals surface area contributed by atoms with Gasteiger partial charge in [-0.15, -0.1) is 0 Å². The maximum atomic E-state index is 12.2. The number of rotatable bonds is 7. The van der Waals surface area contributed by atoms with Gasteiger partial charge in [0.1, 0.15) is 0 Å². The van der Waals surface area contributed by atoms with Crippen molar-refractivity contribution < 1.29 is 8.42 Å². The van der Waals surface area contributed by atoms with Crippen LogP contribution in [0.15, 0.2) is 29.2 Å². The second kappa shape index (κ2) is 6.50. The lowest BCUT2D eigenvalue weighted by atomic mass is 9.83. The van der Waals surface area contributed by atoms with Crippen LogP contribution in [0.25, 0.3) is 0 Å². The van der Waals surface area contributed by atoms with Crippen molar-refractivity contribution in [2.24, 2.45) is 11.1 Å². The number of sulfonamides is 1. The fourth-order valence-electron chi connectivity index (χ4n) is 1.97. The number of benzene rings is 1. The highest BCUT2D eigenvalue weighted by molar-refractivity contribution is 7.89. The summed E-state index contributed by atoms with van der Waals surface area (Å²) in [6, 6.07) is 6.91. The smallest absolute Gasteiger partial charge is 0.240 e. The van der Waals surface area contributed by atoms with E-state index in [-0.39, 0.29) is 5.41 Å². The highest BCUT2D eigenvalue weighted by Crippen LogP contribution is 2.24. The van der Waals surface area contributed by atoms with Crippen LogP contribution in [0.5, 0.6) is 0 Å². The summed E-state index contributed by atoms with van der Waals surface area (Å²) >= 11 is 0. The van der Waals surface area contributed by atoms with Crippen molar-refractivity contribution in [1.82, 2.24) is 4.72 Å². The highest BCUT2D eigenvalue weighted by Gasteiger charge is 2.27. The van der Waals surface area contributed by atoms with Crippen molar-refractivity contribution >= 4 is 10.0 Å². The van der Waals surface area contributed by atoms with Gasteiger partial charge in [-0.2, -0.15) is 0 Å². The van der Waals surface area contributed by atoms with Crippen LogP contribution in [-0.4, -0.2) is 21.5 Å². The Morgan fingerprint density at radius 3 is 2.37 bits per heavy atom. The first-order valence-electron chi connectivity index (χ1n) is 6.65. The monoisotopic (exact) mass is 284 g/mol. The first kappa shape index (κ1) is 16.1. The summed E-state index contributed by atoms with van der Waals surface area (Å²) < 4.78 is 27.1. The van der Waals surface area contributed by atoms with Crippen molar-refractivity contribution in [2.75, 3.05) is 13.1 Å². The number of hydrogen-bond donors (Lipinski definition) is 2. The topological polar surface area (TPSA) is 72.2 Å². The van der Waals surface area contributed by atoms with Gasteiger partial charge in [-0.1, -0.05) is 26.0 Å². The molecule has 1 aromatic rings. The third-order valence-corrected chi connectivity index (χ3v) is 5.27. The molecule has 1 rings (SSSR count). The van der Waals surface area contributed by atoms with Crippen molar-refractivity contribution in [2.45, 2.75) is 38.5 Å². The zero-order valence-corrected chi connectivity index (χ0v) is 12.8. The van der Waals surface area contributed by atoms with E-state index in [4.69, 9.17) is 5.73 Å². The van der Waals surface area contributed by atoms with Gasteiger partial charge < -0.3 is 5.73 Å². The van der Waals surface area contributed by atoms with Crippen LogP contribution in [0, 0.1) is 12.3 Å². The fourth-order valence-corrected chi connectivity index (χ4v) is 3.24. The molecular weight excluding hydrogens is 260 g/mol. The van der Waals surface area contributed by atoms with Crippen LogP contribution in [0.3, 0.4) is 0 Å². The molecule has 0 radical (unpaired) electrons. The van der Waals surface area contributed by atoms with Crippen LogP contribution in [-0.2, 0) is 10.0 Å². The van der Waals surface area contributed by atoms with Crippen molar-refractivity contribution in [3.63, 3.8) is 0 Å². The molecular formula is C14H24N2O2S. The van der Waals surface area contributed by atoms with Crippen LogP contribution < -0.4 is 10.5 Å². The zero-order chi connectivity index (χ0) is 14.5. The molecule has 0 fully saturated rings. The molecule has 0 aliphatic heterocycles. The van der Waals surface area contributed by atoms with Gasteiger partial charge in [0, 0.05) is 6.54 Å². The van der Waals surface area contributed by atoms with Gasteiger partial charge in [0.2, 0.25) is 10.0 Å². The third-order valence-electron chi connectivity index (χ3n) is 3.87. The molecule has 1 aromatic carbocycles. The van der Waals surface area contributed by atoms with E-state index in [1.54, 1.807) is 18.2 Å². The van der Waals surface area contributed by atoms with Crippen molar-refractivity contribution in [3.8, 4) is 0 Å². The molecule has 108 valence electrons. The molecule has 0 bridgehead atoms. The van der Waals surface area contributed by atoms with Gasteiger partial charge in [0.25, 0.3) is 0 Å². The van der Waals surface area contributed by atoms with E-state index in [1.807, 2.05) is 26.8 Å². The average molecular weight is 284 g/mol. The Bertz CT molecular complexity index is 500. The molecule has 0 amide bonds. The lowest BCUT2D eigenvalue weighted by molar-refractivity contribution is 0.275. The standard InChI is InChI=1S/C14H24N2O2S/c1-4-14(5-2,10-15)11-16-19(17,18)13-8-6-7-12(3)9-13/h6-9,16H,4-5,10-11,15H2,1-3H3. The Balaban J connectivity index is 2.87. The predicted octanol–water partition coefficient (Wildman–Crippen LogP) is 2.04. The quantitative estimate of drug-likeness (QED) is 0.805. The Kier molecular flexibility index (Phi) is 5.52. The lowest BCUT2D eigenvalue weighted by Crippen LogP contribution is -2.41. The second-order valence-electron chi connectivity index (χ2n) is 5.05. The van der Waals surface area contributed by atoms with E-state index in [2.05, 4.69) is 4.72 Å². The number of hydrogen-bond acceptors (Lipinski definition) is 3. The molecule has 4 nitrogen and oxygen atoms in total. The summed E-state index contributed by atoms with van der Waals surface area (Å²) in [6.07, 6.45) is 1.71. The van der Waals surface area contributed by atoms with Gasteiger partial charge in [-0.05, 0) is 49.4 Å². The van der Waals surface area contributed by atoms with Crippen molar-refractivity contribution in [1.29, 1.82) is 0 Å². The molecule has 0 heterocycles. The highest BCUT2D eigenvalue weighted by atomic mass is 32.2. The minimum Gasteiger partial charge on any atom is -0.330 e. The predicted molar refractivity (Wildman–Crippen MR) is 78.4 cm³/mol. The summed E-state index contributed by atoms with van der Waals surface area (Å²) in [6.45, 7) is 6.82. The van der Waals surface area contributed by atoms with Crippen LogP contribution in [0.4, 0.5) is 0 Å². The Morgan fingerprint density at radius 1 is 1.26 bits per heavy atom. The number of nitrogens with one attached hydrogen (secondary N) is 1. The lowest BCUT2D eigenvalue weighted by Gasteiger charge is -2.30. The third kappa shape index (κ3) is 4.03. The summed E-state index contributed by atoms with van der Waals surface area (Å²) in [5.74, 6) is 0. The molecule has 19 heavy (non-hydrogen) atoms. The van der Waals surface area contributed by atoms with Gasteiger partial charge in [-0.3, -0.25) is 0 Å². The van der Waals surface area contributed by atoms with Gasteiger partial charge in [0.15, 0.2) is 0 Å². The van der Waals surface area contributed by atoms with Crippen molar-refractivity contribution in [3.05, 3.63) is 29.8 Å². The summed E-state index contributed by atoms with van der Waals surface area (Å²) in [5.41, 5.74) is 6.56. The van der Waals surface area contributed by atoms with Gasteiger partial charge in [0.05, 0.1) is 4.90 Å². The summed E-state index contributed by atoms with van der Waals surface area (Å²) in [7, 11) is -3.45.